The van der Waals surface area contributed by atoms with E-state index < -0.39 is 17.1 Å². The number of aryl methyl sites for hydroxylation is 1. The zero-order valence-electron chi connectivity index (χ0n) is 18.0. The van der Waals surface area contributed by atoms with Gasteiger partial charge in [0.15, 0.2) is 11.2 Å². The van der Waals surface area contributed by atoms with E-state index in [-0.39, 0.29) is 6.54 Å². The average molecular weight is 433 g/mol. The van der Waals surface area contributed by atoms with Crippen molar-refractivity contribution < 1.29 is 4.39 Å². The summed E-state index contributed by atoms with van der Waals surface area (Å²) in [6, 6.07) is 16.3. The summed E-state index contributed by atoms with van der Waals surface area (Å²) in [5.41, 5.74) is 1.22. The summed E-state index contributed by atoms with van der Waals surface area (Å²) in [4.78, 5) is 33.3. The lowest BCUT2D eigenvalue weighted by Crippen LogP contribution is -2.41. The molecule has 0 unspecified atom stereocenters. The molecule has 1 atom stereocenters. The largest absolute Gasteiger partial charge is 0.338 e. The maximum Gasteiger partial charge on any atom is 0.332 e. The first-order valence-corrected chi connectivity index (χ1v) is 10.7. The molecule has 3 heterocycles. The Hall–Kier alpha value is -3.68. The Morgan fingerprint density at radius 1 is 1.00 bits per heavy atom. The average Bonchev–Trinajstić information content (AvgIpc) is 3.17. The highest BCUT2D eigenvalue weighted by atomic mass is 19.1. The number of imidazole rings is 1. The van der Waals surface area contributed by atoms with Crippen molar-refractivity contribution in [2.75, 3.05) is 11.4 Å². The summed E-state index contributed by atoms with van der Waals surface area (Å²) in [7, 11) is 1.60. The first-order valence-electron chi connectivity index (χ1n) is 10.7. The summed E-state index contributed by atoms with van der Waals surface area (Å²) in [5.74, 6) is 0.525. The van der Waals surface area contributed by atoms with E-state index in [0.717, 1.165) is 16.7 Å². The summed E-state index contributed by atoms with van der Waals surface area (Å²) in [6.45, 7) is 4.09. The predicted octanol–water partition coefficient (Wildman–Crippen LogP) is 2.74. The molecule has 0 aliphatic carbocycles. The van der Waals surface area contributed by atoms with Crippen LogP contribution in [0.3, 0.4) is 0 Å². The van der Waals surface area contributed by atoms with Crippen molar-refractivity contribution in [3.8, 4) is 0 Å². The molecule has 0 bridgehead atoms. The second-order valence-corrected chi connectivity index (χ2v) is 8.49. The number of halogens is 1. The number of fused-ring (bicyclic) bond motifs is 3. The predicted molar refractivity (Wildman–Crippen MR) is 121 cm³/mol. The Morgan fingerprint density at radius 2 is 1.72 bits per heavy atom. The van der Waals surface area contributed by atoms with Crippen LogP contribution >= 0.6 is 0 Å². The summed E-state index contributed by atoms with van der Waals surface area (Å²) >= 11 is 0. The fourth-order valence-electron chi connectivity index (χ4n) is 4.48. The van der Waals surface area contributed by atoms with Crippen LogP contribution in [-0.2, 0) is 26.7 Å². The van der Waals surface area contributed by atoms with Crippen LogP contribution in [0.4, 0.5) is 10.3 Å². The molecule has 5 rings (SSSR count). The van der Waals surface area contributed by atoms with Gasteiger partial charge in [0.1, 0.15) is 5.82 Å². The first kappa shape index (κ1) is 20.2. The van der Waals surface area contributed by atoms with Gasteiger partial charge < -0.3 is 9.47 Å². The van der Waals surface area contributed by atoms with Crippen molar-refractivity contribution >= 4 is 17.1 Å². The van der Waals surface area contributed by atoms with Crippen LogP contribution in [0.25, 0.3) is 11.2 Å². The number of rotatable bonds is 4. The number of nitrogens with zero attached hydrogens (tertiary/aromatic N) is 5. The fourth-order valence-corrected chi connectivity index (χ4v) is 4.48. The lowest BCUT2D eigenvalue weighted by molar-refractivity contribution is 0.435. The molecule has 2 aromatic heterocycles. The number of anilines is 1. The maximum absolute atomic E-state index is 14.2. The third-order valence-electron chi connectivity index (χ3n) is 6.02. The van der Waals surface area contributed by atoms with Gasteiger partial charge >= 0.3 is 5.69 Å². The molecule has 2 aromatic carbocycles. The van der Waals surface area contributed by atoms with E-state index in [4.69, 9.17) is 4.98 Å². The minimum atomic E-state index is -0.510. The van der Waals surface area contributed by atoms with Gasteiger partial charge in [0.25, 0.3) is 5.56 Å². The number of hydrogen-bond donors (Lipinski definition) is 0. The molecular formula is C24H24FN5O2. The van der Waals surface area contributed by atoms with Gasteiger partial charge in [0.05, 0.1) is 6.54 Å². The lowest BCUT2D eigenvalue weighted by atomic mass is 10.1. The Morgan fingerprint density at radius 3 is 2.47 bits per heavy atom. The minimum Gasteiger partial charge on any atom is -0.338 e. The van der Waals surface area contributed by atoms with E-state index in [0.29, 0.717) is 41.7 Å². The molecule has 8 heteroatoms. The van der Waals surface area contributed by atoms with Crippen LogP contribution in [0.15, 0.2) is 64.2 Å². The van der Waals surface area contributed by atoms with Crippen molar-refractivity contribution in [2.45, 2.75) is 26.6 Å². The molecule has 1 aliphatic heterocycles. The molecular weight excluding hydrogens is 409 g/mol. The molecule has 7 nitrogen and oxygen atoms in total. The zero-order chi connectivity index (χ0) is 22.4. The van der Waals surface area contributed by atoms with E-state index in [1.54, 1.807) is 25.2 Å². The molecule has 0 saturated carbocycles. The normalized spacial score (nSPS) is 15.8. The SMILES string of the molecule is C[C@H]1CN(Cc2ccccc2)c2nc3c(c(=O)n(Cc4ccccc4F)c(=O)n3C)n2C1. The van der Waals surface area contributed by atoms with E-state index in [1.807, 2.05) is 22.8 Å². The van der Waals surface area contributed by atoms with Crippen molar-refractivity contribution in [2.24, 2.45) is 13.0 Å². The standard InChI is InChI=1S/C24H24FN5O2/c1-16-12-28(14-17-8-4-3-5-9-17)23-26-21-20(29(23)13-16)22(31)30(24(32)27(21)2)15-18-10-6-7-11-19(18)25/h3-11,16H,12-15H2,1-2H3/t16-/m0/s1. The number of benzene rings is 2. The molecule has 0 amide bonds. The smallest absolute Gasteiger partial charge is 0.332 e. The molecule has 0 radical (unpaired) electrons. The van der Waals surface area contributed by atoms with Gasteiger partial charge in [0.2, 0.25) is 5.95 Å². The zero-order valence-corrected chi connectivity index (χ0v) is 18.0. The summed E-state index contributed by atoms with van der Waals surface area (Å²) in [6.07, 6.45) is 0. The van der Waals surface area contributed by atoms with Gasteiger partial charge in [-0.05, 0) is 17.5 Å². The highest BCUT2D eigenvalue weighted by molar-refractivity contribution is 5.75. The Bertz CT molecular complexity index is 1420. The molecule has 0 saturated heterocycles. The molecule has 0 fully saturated rings. The highest BCUT2D eigenvalue weighted by Crippen LogP contribution is 2.28. The number of aromatic nitrogens is 4. The second-order valence-electron chi connectivity index (χ2n) is 8.49. The first-order chi connectivity index (χ1) is 15.4. The lowest BCUT2D eigenvalue weighted by Gasteiger charge is -2.33. The van der Waals surface area contributed by atoms with Gasteiger partial charge in [-0.1, -0.05) is 55.5 Å². The molecule has 1 aliphatic rings. The van der Waals surface area contributed by atoms with Crippen molar-refractivity contribution in [1.29, 1.82) is 0 Å². The van der Waals surface area contributed by atoms with Gasteiger partial charge in [-0.25, -0.2) is 9.18 Å². The molecule has 164 valence electrons. The Labute approximate surface area is 184 Å². The second kappa shape index (κ2) is 7.78. The van der Waals surface area contributed by atoms with Gasteiger partial charge in [-0.3, -0.25) is 13.9 Å². The van der Waals surface area contributed by atoms with Crippen molar-refractivity contribution in [3.63, 3.8) is 0 Å². The molecule has 0 spiro atoms. The van der Waals surface area contributed by atoms with Crippen LogP contribution in [0, 0.1) is 11.7 Å². The van der Waals surface area contributed by atoms with Crippen molar-refractivity contribution in [1.82, 2.24) is 18.7 Å². The Kier molecular flexibility index (Phi) is 4.92. The van der Waals surface area contributed by atoms with Gasteiger partial charge in [-0.2, -0.15) is 4.98 Å². The van der Waals surface area contributed by atoms with Crippen LogP contribution in [-0.4, -0.2) is 25.2 Å². The van der Waals surface area contributed by atoms with Gasteiger partial charge in [-0.15, -0.1) is 0 Å². The van der Waals surface area contributed by atoms with Crippen LogP contribution < -0.4 is 16.1 Å². The number of hydrogen-bond acceptors (Lipinski definition) is 4. The summed E-state index contributed by atoms with van der Waals surface area (Å²) in [5, 5.41) is 0. The molecule has 32 heavy (non-hydrogen) atoms. The van der Waals surface area contributed by atoms with Crippen LogP contribution in [0.5, 0.6) is 0 Å². The minimum absolute atomic E-state index is 0.127. The van der Waals surface area contributed by atoms with E-state index in [1.165, 1.54) is 10.6 Å². The summed E-state index contributed by atoms with van der Waals surface area (Å²) < 4.78 is 18.6. The van der Waals surface area contributed by atoms with Crippen LogP contribution in [0.1, 0.15) is 18.1 Å². The van der Waals surface area contributed by atoms with E-state index in [9.17, 15) is 14.0 Å². The van der Waals surface area contributed by atoms with E-state index in [2.05, 4.69) is 24.0 Å². The third-order valence-corrected chi connectivity index (χ3v) is 6.02. The maximum atomic E-state index is 14.2. The Balaban J connectivity index is 1.67. The van der Waals surface area contributed by atoms with Crippen LogP contribution in [0.2, 0.25) is 0 Å². The van der Waals surface area contributed by atoms with E-state index >= 15 is 0 Å². The van der Waals surface area contributed by atoms with Gasteiger partial charge in [0, 0.05) is 32.2 Å². The monoisotopic (exact) mass is 433 g/mol. The third kappa shape index (κ3) is 3.32. The highest BCUT2D eigenvalue weighted by Gasteiger charge is 2.29. The molecule has 4 aromatic rings. The van der Waals surface area contributed by atoms with Crippen molar-refractivity contribution in [3.05, 3.63) is 92.4 Å². The topological polar surface area (TPSA) is 65.1 Å². The fraction of sp³-hybridized carbons (Fsp3) is 0.292. The molecule has 0 N–H and O–H groups in total. The quantitative estimate of drug-likeness (QED) is 0.497.